The number of nitrogens with zero attached hydrogens (tertiary/aromatic N) is 1. The van der Waals surface area contributed by atoms with Gasteiger partial charge in [0.05, 0.1) is 6.61 Å². The predicted octanol–water partition coefficient (Wildman–Crippen LogP) is 1.84. The Labute approximate surface area is 118 Å². The Morgan fingerprint density at radius 1 is 1.45 bits per heavy atom. The first-order chi connectivity index (χ1) is 9.10. The van der Waals surface area contributed by atoms with Crippen molar-refractivity contribution in [1.82, 2.24) is 4.90 Å². The lowest BCUT2D eigenvalue weighted by Gasteiger charge is -2.36. The quantitative estimate of drug-likeness (QED) is 0.687. The minimum Gasteiger partial charge on any atom is -0.453 e. The van der Waals surface area contributed by atoms with Crippen molar-refractivity contribution in [2.45, 2.75) is 58.1 Å². The Morgan fingerprint density at radius 2 is 2.10 bits per heavy atom. The van der Waals surface area contributed by atoms with Gasteiger partial charge in [0.2, 0.25) is 0 Å². The zero-order valence-electron chi connectivity index (χ0n) is 12.5. The number of carbonyl (C=O) groups is 2. The summed E-state index contributed by atoms with van der Waals surface area (Å²) in [6.07, 6.45) is 2.05. The lowest BCUT2D eigenvalue weighted by molar-refractivity contribution is -0.141. The largest absolute Gasteiger partial charge is 0.453 e. The predicted molar refractivity (Wildman–Crippen MR) is 70.9 cm³/mol. The average molecular weight is 283 g/mol. The smallest absolute Gasteiger partial charge is 0.413 e. The minimum atomic E-state index is -0.796. The molecule has 2 aliphatic rings. The molecule has 2 aliphatic heterocycles. The number of cyclic esters (lactones) is 1. The van der Waals surface area contributed by atoms with E-state index in [2.05, 4.69) is 0 Å². The van der Waals surface area contributed by atoms with E-state index in [4.69, 9.17) is 14.2 Å². The third-order valence-electron chi connectivity index (χ3n) is 3.16. The molecule has 112 valence electrons. The van der Waals surface area contributed by atoms with Crippen LogP contribution in [0.2, 0.25) is 0 Å². The van der Waals surface area contributed by atoms with E-state index in [1.54, 1.807) is 40.7 Å². The molecule has 20 heavy (non-hydrogen) atoms. The fourth-order valence-corrected chi connectivity index (χ4v) is 2.33. The monoisotopic (exact) mass is 283 g/mol. The molecule has 0 unspecified atom stereocenters. The van der Waals surface area contributed by atoms with Crippen LogP contribution >= 0.6 is 0 Å². The molecule has 0 N–H and O–H groups in total. The third kappa shape index (κ3) is 2.95. The van der Waals surface area contributed by atoms with Gasteiger partial charge in [0, 0.05) is 6.08 Å². The lowest BCUT2D eigenvalue weighted by Crippen LogP contribution is -2.53. The summed E-state index contributed by atoms with van der Waals surface area (Å²) >= 11 is 0. The molecule has 1 saturated heterocycles. The highest BCUT2D eigenvalue weighted by molar-refractivity contribution is 5.84. The third-order valence-corrected chi connectivity index (χ3v) is 3.16. The lowest BCUT2D eigenvalue weighted by atomic mass is 10.1. The van der Waals surface area contributed by atoms with E-state index in [0.717, 1.165) is 0 Å². The first-order valence-electron chi connectivity index (χ1n) is 6.65. The Hall–Kier alpha value is -1.56. The number of esters is 1. The molecule has 6 heteroatoms. The summed E-state index contributed by atoms with van der Waals surface area (Å²) < 4.78 is 16.2. The topological polar surface area (TPSA) is 65.1 Å². The van der Waals surface area contributed by atoms with Gasteiger partial charge < -0.3 is 14.2 Å². The summed E-state index contributed by atoms with van der Waals surface area (Å²) in [6, 6.07) is -0.373. The van der Waals surface area contributed by atoms with Crippen molar-refractivity contribution in [3.8, 4) is 0 Å². The van der Waals surface area contributed by atoms with Crippen molar-refractivity contribution in [3.05, 3.63) is 12.2 Å². The molecule has 0 saturated carbocycles. The summed E-state index contributed by atoms with van der Waals surface area (Å²) in [7, 11) is 0. The zero-order chi connectivity index (χ0) is 15.1. The summed E-state index contributed by atoms with van der Waals surface area (Å²) in [6.45, 7) is 9.29. The summed E-state index contributed by atoms with van der Waals surface area (Å²) in [4.78, 5) is 25.1. The van der Waals surface area contributed by atoms with E-state index in [1.165, 1.54) is 11.0 Å². The molecule has 0 aromatic carbocycles. The molecule has 0 aromatic rings. The molecule has 0 aliphatic carbocycles. The molecule has 6 nitrogen and oxygen atoms in total. The highest BCUT2D eigenvalue weighted by Gasteiger charge is 2.49. The molecule has 0 bridgehead atoms. The maximum absolute atomic E-state index is 12.4. The van der Waals surface area contributed by atoms with Crippen LogP contribution in [0.4, 0.5) is 4.79 Å². The van der Waals surface area contributed by atoms with Gasteiger partial charge >= 0.3 is 12.1 Å². The Morgan fingerprint density at radius 3 is 2.60 bits per heavy atom. The van der Waals surface area contributed by atoms with Crippen LogP contribution in [0.15, 0.2) is 12.2 Å². The van der Waals surface area contributed by atoms with Crippen LogP contribution in [0.3, 0.4) is 0 Å². The van der Waals surface area contributed by atoms with Crippen molar-refractivity contribution < 1.29 is 23.8 Å². The van der Waals surface area contributed by atoms with Gasteiger partial charge in [-0.25, -0.2) is 9.59 Å². The molecule has 1 fully saturated rings. The Bertz CT molecular complexity index is 449. The van der Waals surface area contributed by atoms with Crippen molar-refractivity contribution >= 4 is 12.1 Å². The highest BCUT2D eigenvalue weighted by atomic mass is 16.6. The molecule has 2 atom stereocenters. The molecule has 1 amide bonds. The van der Waals surface area contributed by atoms with Crippen molar-refractivity contribution in [1.29, 1.82) is 0 Å². The SMILES string of the molecule is CC(C)(C)OC(=O)N1[C@@H]([C@@H]2C=CC(=O)O2)COC1(C)C. The first-order valence-corrected chi connectivity index (χ1v) is 6.65. The maximum atomic E-state index is 12.4. The van der Waals surface area contributed by atoms with E-state index in [9.17, 15) is 9.59 Å². The van der Waals surface area contributed by atoms with Crippen LogP contribution in [0.25, 0.3) is 0 Å². The zero-order valence-corrected chi connectivity index (χ0v) is 12.5. The second-order valence-corrected chi connectivity index (χ2v) is 6.44. The van der Waals surface area contributed by atoms with E-state index in [1.807, 2.05) is 0 Å². The molecule has 0 aromatic heterocycles. The van der Waals surface area contributed by atoms with Gasteiger partial charge in [-0.05, 0) is 40.7 Å². The summed E-state index contributed by atoms with van der Waals surface area (Å²) in [5.41, 5.74) is -1.39. The van der Waals surface area contributed by atoms with E-state index >= 15 is 0 Å². The van der Waals surface area contributed by atoms with Gasteiger partial charge in [0.25, 0.3) is 0 Å². The van der Waals surface area contributed by atoms with Crippen LogP contribution < -0.4 is 0 Å². The average Bonchev–Trinajstić information content (AvgIpc) is 2.79. The van der Waals surface area contributed by atoms with E-state index < -0.39 is 29.5 Å². The van der Waals surface area contributed by atoms with Gasteiger partial charge in [-0.1, -0.05) is 0 Å². The molecular weight excluding hydrogens is 262 g/mol. The second-order valence-electron chi connectivity index (χ2n) is 6.44. The number of amides is 1. The van der Waals surface area contributed by atoms with Crippen LogP contribution in [0.1, 0.15) is 34.6 Å². The maximum Gasteiger partial charge on any atom is 0.413 e. The van der Waals surface area contributed by atoms with E-state index in [0.29, 0.717) is 6.61 Å². The fourth-order valence-electron chi connectivity index (χ4n) is 2.33. The van der Waals surface area contributed by atoms with Crippen LogP contribution in [0, 0.1) is 0 Å². The van der Waals surface area contributed by atoms with Gasteiger partial charge in [0.15, 0.2) is 0 Å². The minimum absolute atomic E-state index is 0.300. The van der Waals surface area contributed by atoms with Gasteiger partial charge in [-0.15, -0.1) is 0 Å². The normalized spacial score (nSPS) is 28.6. The van der Waals surface area contributed by atoms with Gasteiger partial charge in [-0.2, -0.15) is 0 Å². The number of rotatable bonds is 1. The first kappa shape index (κ1) is 14.8. The van der Waals surface area contributed by atoms with Crippen LogP contribution in [-0.4, -0.2) is 47.0 Å². The highest BCUT2D eigenvalue weighted by Crippen LogP contribution is 2.32. The van der Waals surface area contributed by atoms with Gasteiger partial charge in [-0.3, -0.25) is 4.90 Å². The summed E-state index contributed by atoms with van der Waals surface area (Å²) in [5.74, 6) is -0.399. The second kappa shape index (κ2) is 4.77. The van der Waals surface area contributed by atoms with Crippen molar-refractivity contribution in [2.24, 2.45) is 0 Å². The number of ether oxygens (including phenoxy) is 3. The Balaban J connectivity index is 2.18. The molecule has 0 radical (unpaired) electrons. The van der Waals surface area contributed by atoms with Crippen LogP contribution in [0.5, 0.6) is 0 Å². The van der Waals surface area contributed by atoms with Gasteiger partial charge in [0.1, 0.15) is 23.5 Å². The number of hydrogen-bond acceptors (Lipinski definition) is 5. The van der Waals surface area contributed by atoms with E-state index in [-0.39, 0.29) is 6.04 Å². The standard InChI is InChI=1S/C14H21NO5/c1-13(2,3)20-12(17)15-9(8-18-14(15,4)5)10-6-7-11(16)19-10/h6-7,9-10H,8H2,1-5H3/t9-,10+/m1/s1. The van der Waals surface area contributed by atoms with Crippen molar-refractivity contribution in [2.75, 3.05) is 6.61 Å². The summed E-state index contributed by atoms with van der Waals surface area (Å²) in [5, 5.41) is 0. The van der Waals surface area contributed by atoms with Crippen molar-refractivity contribution in [3.63, 3.8) is 0 Å². The molecule has 0 spiro atoms. The van der Waals surface area contributed by atoms with Crippen LogP contribution in [-0.2, 0) is 19.0 Å². The Kier molecular flexibility index (Phi) is 3.54. The molecule has 2 heterocycles. The molecular formula is C14H21NO5. The fraction of sp³-hybridized carbons (Fsp3) is 0.714. The number of carbonyl (C=O) groups excluding carboxylic acids is 2. The number of hydrogen-bond donors (Lipinski definition) is 0. The molecule has 2 rings (SSSR count).